The molecule has 0 heterocycles. The van der Waals surface area contributed by atoms with E-state index in [-0.39, 0.29) is 0 Å². The molecule has 2 nitrogen and oxygen atoms in total. The van der Waals surface area contributed by atoms with Crippen LogP contribution in [0.3, 0.4) is 0 Å². The summed E-state index contributed by atoms with van der Waals surface area (Å²) >= 11 is 3.44. The summed E-state index contributed by atoms with van der Waals surface area (Å²) in [6.45, 7) is 2.00. The van der Waals surface area contributed by atoms with Gasteiger partial charge in [-0.15, -0.1) is 0 Å². The summed E-state index contributed by atoms with van der Waals surface area (Å²) in [7, 11) is 0. The molecule has 1 fully saturated rings. The van der Waals surface area contributed by atoms with Crippen LogP contribution >= 0.6 is 15.9 Å². The van der Waals surface area contributed by atoms with Gasteiger partial charge in [0.25, 0.3) is 0 Å². The lowest BCUT2D eigenvalue weighted by Crippen LogP contribution is -2.32. The highest BCUT2D eigenvalue weighted by Gasteiger charge is 2.42. The fourth-order valence-corrected chi connectivity index (χ4v) is 3.22. The summed E-state index contributed by atoms with van der Waals surface area (Å²) < 4.78 is 0.968. The number of carboxylic acids is 1. The lowest BCUT2D eigenvalue weighted by Gasteiger charge is -2.25. The van der Waals surface area contributed by atoms with Crippen LogP contribution in [0.1, 0.15) is 36.8 Å². The van der Waals surface area contributed by atoms with Crippen LogP contribution in [-0.4, -0.2) is 11.1 Å². The van der Waals surface area contributed by atoms with Crippen LogP contribution < -0.4 is 0 Å². The third-order valence-corrected chi connectivity index (χ3v) is 3.92. The van der Waals surface area contributed by atoms with E-state index in [0.717, 1.165) is 41.3 Å². The predicted molar refractivity (Wildman–Crippen MR) is 66.7 cm³/mol. The van der Waals surface area contributed by atoms with E-state index < -0.39 is 11.4 Å². The molecule has 1 aliphatic rings. The Kier molecular flexibility index (Phi) is 3.06. The molecule has 0 amide bonds. The van der Waals surface area contributed by atoms with Crippen molar-refractivity contribution < 1.29 is 9.90 Å². The molecule has 1 saturated carbocycles. The van der Waals surface area contributed by atoms with Gasteiger partial charge >= 0.3 is 5.97 Å². The van der Waals surface area contributed by atoms with Crippen molar-refractivity contribution in [2.75, 3.05) is 0 Å². The van der Waals surface area contributed by atoms with Crippen molar-refractivity contribution in [3.63, 3.8) is 0 Å². The van der Waals surface area contributed by atoms with E-state index >= 15 is 0 Å². The molecule has 0 aromatic heterocycles. The molecule has 1 N–H and O–H groups in total. The Bertz CT molecular complexity index is 400. The zero-order chi connectivity index (χ0) is 11.8. The van der Waals surface area contributed by atoms with Crippen molar-refractivity contribution in [1.29, 1.82) is 0 Å². The Balaban J connectivity index is 2.51. The average molecular weight is 283 g/mol. The highest BCUT2D eigenvalue weighted by molar-refractivity contribution is 9.10. The first-order valence-electron chi connectivity index (χ1n) is 5.56. The minimum atomic E-state index is -0.678. The number of hydrogen-bond acceptors (Lipinski definition) is 1. The number of carbonyl (C=O) groups is 1. The molecule has 2 rings (SSSR count). The van der Waals surface area contributed by atoms with Gasteiger partial charge in [-0.25, -0.2) is 0 Å². The molecule has 1 aliphatic carbocycles. The first-order chi connectivity index (χ1) is 7.54. The summed E-state index contributed by atoms with van der Waals surface area (Å²) in [4.78, 5) is 11.5. The van der Waals surface area contributed by atoms with Crippen molar-refractivity contribution in [1.82, 2.24) is 0 Å². The van der Waals surface area contributed by atoms with Gasteiger partial charge in [0.05, 0.1) is 5.41 Å². The van der Waals surface area contributed by atoms with Gasteiger partial charge in [-0.05, 0) is 43.0 Å². The quantitative estimate of drug-likeness (QED) is 0.899. The standard InChI is InChI=1S/C13H15BrO2/c1-9-6-10(8-11(14)7-9)13(12(15)16)4-2-3-5-13/h6-8H,2-5H2,1H3,(H,15,16). The number of carboxylic acid groups (broad SMARTS) is 1. The molecule has 0 atom stereocenters. The van der Waals surface area contributed by atoms with Gasteiger partial charge in [0.2, 0.25) is 0 Å². The number of hydrogen-bond donors (Lipinski definition) is 1. The molecule has 0 radical (unpaired) electrons. The van der Waals surface area contributed by atoms with Gasteiger partial charge < -0.3 is 5.11 Å². The van der Waals surface area contributed by atoms with Crippen molar-refractivity contribution >= 4 is 21.9 Å². The van der Waals surface area contributed by atoms with Gasteiger partial charge in [-0.2, -0.15) is 0 Å². The van der Waals surface area contributed by atoms with Crippen molar-refractivity contribution in [3.05, 3.63) is 33.8 Å². The van der Waals surface area contributed by atoms with Crippen LogP contribution in [0.15, 0.2) is 22.7 Å². The second-order valence-corrected chi connectivity index (χ2v) is 5.53. The van der Waals surface area contributed by atoms with Crippen LogP contribution in [0.5, 0.6) is 0 Å². The molecular formula is C13H15BrO2. The molecule has 86 valence electrons. The molecular weight excluding hydrogens is 268 g/mol. The Morgan fingerprint density at radius 2 is 1.94 bits per heavy atom. The van der Waals surface area contributed by atoms with Gasteiger partial charge in [-0.1, -0.05) is 34.8 Å². The lowest BCUT2D eigenvalue weighted by atomic mass is 9.78. The molecule has 0 saturated heterocycles. The summed E-state index contributed by atoms with van der Waals surface area (Å²) in [5.74, 6) is -0.678. The summed E-state index contributed by atoms with van der Waals surface area (Å²) in [5, 5.41) is 9.48. The molecule has 1 aromatic rings. The zero-order valence-electron chi connectivity index (χ0n) is 9.29. The fraction of sp³-hybridized carbons (Fsp3) is 0.462. The zero-order valence-corrected chi connectivity index (χ0v) is 10.9. The van der Waals surface area contributed by atoms with E-state index in [1.165, 1.54) is 0 Å². The summed E-state index contributed by atoms with van der Waals surface area (Å²) in [5.41, 5.74) is 1.41. The first-order valence-corrected chi connectivity index (χ1v) is 6.35. The van der Waals surface area contributed by atoms with Gasteiger partial charge in [0, 0.05) is 4.47 Å². The normalized spacial score (nSPS) is 18.6. The third kappa shape index (κ3) is 1.88. The van der Waals surface area contributed by atoms with Crippen LogP contribution in [-0.2, 0) is 10.2 Å². The summed E-state index contributed by atoms with van der Waals surface area (Å²) in [6.07, 6.45) is 3.55. The fourth-order valence-electron chi connectivity index (χ4n) is 2.62. The Hall–Kier alpha value is -0.830. The second-order valence-electron chi connectivity index (χ2n) is 4.61. The van der Waals surface area contributed by atoms with Crippen molar-refractivity contribution in [3.8, 4) is 0 Å². The average Bonchev–Trinajstić information content (AvgIpc) is 2.65. The smallest absolute Gasteiger partial charge is 0.314 e. The molecule has 0 spiro atoms. The lowest BCUT2D eigenvalue weighted by molar-refractivity contribution is -0.143. The SMILES string of the molecule is Cc1cc(Br)cc(C2(C(=O)O)CCCC2)c1. The minimum absolute atomic E-state index is 0.644. The van der Waals surface area contributed by atoms with Crippen LogP contribution in [0.4, 0.5) is 0 Å². The van der Waals surface area contributed by atoms with Crippen molar-refractivity contribution in [2.24, 2.45) is 0 Å². The highest BCUT2D eigenvalue weighted by atomic mass is 79.9. The highest BCUT2D eigenvalue weighted by Crippen LogP contribution is 2.42. The molecule has 0 unspecified atom stereocenters. The van der Waals surface area contributed by atoms with E-state index in [0.29, 0.717) is 0 Å². The molecule has 3 heteroatoms. The van der Waals surface area contributed by atoms with E-state index in [1.807, 2.05) is 25.1 Å². The monoisotopic (exact) mass is 282 g/mol. The maximum Gasteiger partial charge on any atom is 0.314 e. The molecule has 16 heavy (non-hydrogen) atoms. The second kappa shape index (κ2) is 4.21. The molecule has 0 bridgehead atoms. The minimum Gasteiger partial charge on any atom is -0.481 e. The predicted octanol–water partition coefficient (Wildman–Crippen LogP) is 3.65. The summed E-state index contributed by atoms with van der Waals surface area (Å²) in [6, 6.07) is 5.96. The number of benzene rings is 1. The van der Waals surface area contributed by atoms with Crippen LogP contribution in [0.2, 0.25) is 0 Å². The maximum atomic E-state index is 11.5. The number of aryl methyl sites for hydroxylation is 1. The maximum absolute atomic E-state index is 11.5. The van der Waals surface area contributed by atoms with Gasteiger partial charge in [-0.3, -0.25) is 4.79 Å². The van der Waals surface area contributed by atoms with E-state index in [4.69, 9.17) is 0 Å². The largest absolute Gasteiger partial charge is 0.481 e. The van der Waals surface area contributed by atoms with Crippen LogP contribution in [0.25, 0.3) is 0 Å². The van der Waals surface area contributed by atoms with E-state index in [1.54, 1.807) is 0 Å². The van der Waals surface area contributed by atoms with E-state index in [2.05, 4.69) is 15.9 Å². The number of halogens is 1. The third-order valence-electron chi connectivity index (χ3n) is 3.46. The number of aliphatic carboxylic acids is 1. The van der Waals surface area contributed by atoms with Crippen LogP contribution in [0, 0.1) is 6.92 Å². The number of rotatable bonds is 2. The van der Waals surface area contributed by atoms with Crippen molar-refractivity contribution in [2.45, 2.75) is 38.0 Å². The van der Waals surface area contributed by atoms with E-state index in [9.17, 15) is 9.90 Å². The molecule has 0 aliphatic heterocycles. The Labute approximate surface area is 104 Å². The van der Waals surface area contributed by atoms with Gasteiger partial charge in [0.1, 0.15) is 0 Å². The Morgan fingerprint density at radius 3 is 2.44 bits per heavy atom. The topological polar surface area (TPSA) is 37.3 Å². The molecule has 1 aromatic carbocycles. The van der Waals surface area contributed by atoms with Gasteiger partial charge in [0.15, 0.2) is 0 Å². The first kappa shape index (κ1) is 11.6. The Morgan fingerprint density at radius 1 is 1.31 bits per heavy atom.